The largest absolute Gasteiger partial charge is 0.444 e. The van der Waals surface area contributed by atoms with Crippen LogP contribution in [0.15, 0.2) is 0 Å². The van der Waals surface area contributed by atoms with Crippen molar-refractivity contribution in [2.45, 2.75) is 51.7 Å². The van der Waals surface area contributed by atoms with Crippen LogP contribution in [0.1, 0.15) is 38.4 Å². The molecule has 0 radical (unpaired) electrons. The average Bonchev–Trinajstić information content (AvgIpc) is 2.57. The van der Waals surface area contributed by atoms with E-state index in [1.165, 1.54) is 5.56 Å². The first-order valence-electron chi connectivity index (χ1n) is 6.06. The van der Waals surface area contributed by atoms with E-state index in [1.54, 1.807) is 0 Å². The molecule has 0 fully saturated rings. The predicted octanol–water partition coefficient (Wildman–Crippen LogP) is 2.40. The Bertz CT molecular complexity index is 451. The molecule has 0 saturated carbocycles. The number of H-pyrrole nitrogens is 1. The first-order valence-corrected chi connectivity index (χ1v) is 7.14. The molecule has 1 atom stereocenters. The van der Waals surface area contributed by atoms with Gasteiger partial charge in [0.15, 0.2) is 0 Å². The maximum atomic E-state index is 11.7. The molecule has 1 heterocycles. The Hall–Kier alpha value is -0.790. The van der Waals surface area contributed by atoms with Gasteiger partial charge in [-0.2, -0.15) is 5.10 Å². The number of aromatic amines is 1. The van der Waals surface area contributed by atoms with Gasteiger partial charge in [0, 0.05) is 23.7 Å². The Kier molecular flexibility index (Phi) is 3.84. The molecule has 2 rings (SSSR count). The second kappa shape index (κ2) is 5.07. The van der Waals surface area contributed by atoms with Crippen molar-refractivity contribution in [1.29, 1.82) is 0 Å². The lowest BCUT2D eigenvalue weighted by Crippen LogP contribution is -2.41. The number of hydrogen-bond acceptors (Lipinski definition) is 3. The van der Waals surface area contributed by atoms with Gasteiger partial charge in [-0.1, -0.05) is 0 Å². The number of carbonyl (C=O) groups is 1. The molecule has 1 unspecified atom stereocenters. The van der Waals surface area contributed by atoms with E-state index in [1.807, 2.05) is 20.8 Å². The molecule has 0 spiro atoms. The maximum absolute atomic E-state index is 11.7. The highest BCUT2D eigenvalue weighted by molar-refractivity contribution is 14.1. The highest BCUT2D eigenvalue weighted by Gasteiger charge is 2.25. The Morgan fingerprint density at radius 3 is 2.94 bits per heavy atom. The van der Waals surface area contributed by atoms with E-state index in [0.717, 1.165) is 28.7 Å². The minimum absolute atomic E-state index is 0.128. The summed E-state index contributed by atoms with van der Waals surface area (Å²) in [6, 6.07) is 0.128. The van der Waals surface area contributed by atoms with Crippen LogP contribution in [-0.2, 0) is 17.6 Å². The van der Waals surface area contributed by atoms with E-state index >= 15 is 0 Å². The highest BCUT2D eigenvalue weighted by atomic mass is 127. The first kappa shape index (κ1) is 13.6. The Balaban J connectivity index is 1.92. The standard InChI is InChI=1S/C12H18IN3O2/c1-12(2,3)18-11(17)14-7-4-5-8-9(6-7)15-16-10(8)13/h7H,4-6H2,1-3H3,(H,14,17)(H,15,16). The molecule has 1 aromatic heterocycles. The quantitative estimate of drug-likeness (QED) is 0.753. The molecule has 0 aromatic carbocycles. The summed E-state index contributed by atoms with van der Waals surface area (Å²) >= 11 is 2.23. The zero-order valence-corrected chi connectivity index (χ0v) is 13.0. The number of alkyl carbamates (subject to hydrolysis) is 1. The van der Waals surface area contributed by atoms with Crippen LogP contribution in [0.2, 0.25) is 0 Å². The van der Waals surface area contributed by atoms with Gasteiger partial charge in [0.2, 0.25) is 0 Å². The van der Waals surface area contributed by atoms with Crippen molar-refractivity contribution in [1.82, 2.24) is 15.5 Å². The average molecular weight is 363 g/mol. The van der Waals surface area contributed by atoms with Gasteiger partial charge in [-0.05, 0) is 56.2 Å². The lowest BCUT2D eigenvalue weighted by Gasteiger charge is -2.25. The van der Waals surface area contributed by atoms with E-state index in [9.17, 15) is 4.79 Å². The number of halogens is 1. The smallest absolute Gasteiger partial charge is 0.407 e. The zero-order valence-electron chi connectivity index (χ0n) is 10.8. The number of amides is 1. The molecule has 0 aliphatic heterocycles. The molecule has 1 aliphatic rings. The minimum Gasteiger partial charge on any atom is -0.444 e. The molecule has 100 valence electrons. The number of fused-ring (bicyclic) bond motifs is 1. The molecular weight excluding hydrogens is 345 g/mol. The van der Waals surface area contributed by atoms with Gasteiger partial charge >= 0.3 is 6.09 Å². The summed E-state index contributed by atoms with van der Waals surface area (Å²) in [5.41, 5.74) is 1.97. The topological polar surface area (TPSA) is 67.0 Å². The summed E-state index contributed by atoms with van der Waals surface area (Å²) in [6.45, 7) is 5.59. The molecular formula is C12H18IN3O2. The van der Waals surface area contributed by atoms with Crippen LogP contribution >= 0.6 is 22.6 Å². The zero-order chi connectivity index (χ0) is 13.3. The fourth-order valence-corrected chi connectivity index (χ4v) is 2.78. The Labute approximate surface area is 120 Å². The van der Waals surface area contributed by atoms with Crippen LogP contribution in [-0.4, -0.2) is 27.9 Å². The van der Waals surface area contributed by atoms with Crippen LogP contribution in [0.25, 0.3) is 0 Å². The Morgan fingerprint density at radius 1 is 1.56 bits per heavy atom. The van der Waals surface area contributed by atoms with Crippen LogP contribution < -0.4 is 5.32 Å². The molecule has 0 bridgehead atoms. The number of nitrogens with zero attached hydrogens (tertiary/aromatic N) is 1. The van der Waals surface area contributed by atoms with Crippen LogP contribution in [0.5, 0.6) is 0 Å². The SMILES string of the molecule is CC(C)(C)OC(=O)NC1CCc2c(I)n[nH]c2C1. The number of hydrogen-bond donors (Lipinski definition) is 2. The normalized spacial score (nSPS) is 19.2. The van der Waals surface area contributed by atoms with E-state index in [4.69, 9.17) is 4.74 Å². The first-order chi connectivity index (χ1) is 8.35. The molecule has 6 heteroatoms. The number of rotatable bonds is 1. The van der Waals surface area contributed by atoms with Gasteiger partial charge in [-0.3, -0.25) is 5.10 Å². The number of nitrogens with one attached hydrogen (secondary N) is 2. The molecule has 0 saturated heterocycles. The summed E-state index contributed by atoms with van der Waals surface area (Å²) in [6.07, 6.45) is 2.34. The lowest BCUT2D eigenvalue weighted by atomic mass is 9.94. The van der Waals surface area contributed by atoms with Crippen molar-refractivity contribution in [2.24, 2.45) is 0 Å². The molecule has 1 aromatic rings. The summed E-state index contributed by atoms with van der Waals surface area (Å²) in [5, 5.41) is 10.1. The van der Waals surface area contributed by atoms with Crippen LogP contribution in [0, 0.1) is 3.70 Å². The van der Waals surface area contributed by atoms with Crippen LogP contribution in [0.3, 0.4) is 0 Å². The van der Waals surface area contributed by atoms with Crippen molar-refractivity contribution in [3.05, 3.63) is 15.0 Å². The van der Waals surface area contributed by atoms with Gasteiger partial charge in [0.1, 0.15) is 9.30 Å². The van der Waals surface area contributed by atoms with Crippen molar-refractivity contribution >= 4 is 28.7 Å². The molecule has 2 N–H and O–H groups in total. The molecule has 18 heavy (non-hydrogen) atoms. The fourth-order valence-electron chi connectivity index (χ4n) is 2.06. The van der Waals surface area contributed by atoms with Crippen molar-refractivity contribution in [3.8, 4) is 0 Å². The number of ether oxygens (including phenoxy) is 1. The van der Waals surface area contributed by atoms with Crippen LogP contribution in [0.4, 0.5) is 4.79 Å². The second-order valence-corrected chi connectivity index (χ2v) is 6.58. The van der Waals surface area contributed by atoms with Gasteiger partial charge in [0.25, 0.3) is 0 Å². The number of aromatic nitrogens is 2. The predicted molar refractivity (Wildman–Crippen MR) is 76.5 cm³/mol. The molecule has 1 aliphatic carbocycles. The maximum Gasteiger partial charge on any atom is 0.407 e. The third kappa shape index (κ3) is 3.37. The van der Waals surface area contributed by atoms with E-state index in [0.29, 0.717) is 0 Å². The van der Waals surface area contributed by atoms with Gasteiger partial charge in [-0.25, -0.2) is 4.79 Å². The van der Waals surface area contributed by atoms with Crippen molar-refractivity contribution < 1.29 is 9.53 Å². The monoisotopic (exact) mass is 363 g/mol. The third-order valence-electron chi connectivity index (χ3n) is 2.82. The lowest BCUT2D eigenvalue weighted by molar-refractivity contribution is 0.0500. The van der Waals surface area contributed by atoms with Gasteiger partial charge in [-0.15, -0.1) is 0 Å². The van der Waals surface area contributed by atoms with E-state index in [2.05, 4.69) is 38.1 Å². The molecule has 5 nitrogen and oxygen atoms in total. The second-order valence-electron chi connectivity index (χ2n) is 5.56. The minimum atomic E-state index is -0.451. The highest BCUT2D eigenvalue weighted by Crippen LogP contribution is 2.23. The molecule has 1 amide bonds. The number of carbonyl (C=O) groups excluding carboxylic acids is 1. The summed E-state index contributed by atoms with van der Waals surface area (Å²) in [7, 11) is 0. The van der Waals surface area contributed by atoms with Gasteiger partial charge < -0.3 is 10.1 Å². The van der Waals surface area contributed by atoms with Gasteiger partial charge in [0.05, 0.1) is 0 Å². The van der Waals surface area contributed by atoms with Crippen molar-refractivity contribution in [2.75, 3.05) is 0 Å². The third-order valence-corrected chi connectivity index (χ3v) is 3.71. The van der Waals surface area contributed by atoms with E-state index < -0.39 is 5.60 Å². The van der Waals surface area contributed by atoms with Crippen molar-refractivity contribution in [3.63, 3.8) is 0 Å². The summed E-state index contributed by atoms with van der Waals surface area (Å²) in [5.74, 6) is 0. The Morgan fingerprint density at radius 2 is 2.28 bits per heavy atom. The van der Waals surface area contributed by atoms with E-state index in [-0.39, 0.29) is 12.1 Å². The fraction of sp³-hybridized carbons (Fsp3) is 0.667. The summed E-state index contributed by atoms with van der Waals surface area (Å²) in [4.78, 5) is 11.7. The summed E-state index contributed by atoms with van der Waals surface area (Å²) < 4.78 is 6.30.